The first kappa shape index (κ1) is 12.3. The largest absolute Gasteiger partial charge is 0.320 e. The second kappa shape index (κ2) is 7.47. The predicted molar refractivity (Wildman–Crippen MR) is 67.3 cm³/mol. The van der Waals surface area contributed by atoms with E-state index in [0.29, 0.717) is 0 Å². The summed E-state index contributed by atoms with van der Waals surface area (Å²) in [6, 6.07) is 10.9. The summed E-state index contributed by atoms with van der Waals surface area (Å²) < 4.78 is 0. The Hall–Kier alpha value is -0.820. The molecule has 0 aliphatic carbocycles. The van der Waals surface area contributed by atoms with Gasteiger partial charge in [0.1, 0.15) is 0 Å². The number of benzene rings is 1. The molecule has 0 aliphatic heterocycles. The van der Waals surface area contributed by atoms with Gasteiger partial charge in [0.2, 0.25) is 0 Å². The van der Waals surface area contributed by atoms with E-state index in [9.17, 15) is 0 Å². The lowest BCUT2D eigenvalue weighted by atomic mass is 9.90. The quantitative estimate of drug-likeness (QED) is 0.671. The summed E-state index contributed by atoms with van der Waals surface area (Å²) in [5.74, 6) is 0.754. The summed E-state index contributed by atoms with van der Waals surface area (Å²) in [6.07, 6.45) is 5.17. The van der Waals surface area contributed by atoms with Crippen LogP contribution >= 0.6 is 0 Å². The standard InChI is InChI=1S/C14H23N/c1-3-8-13(11-7-12-15-2)14-9-5-4-6-10-14/h4-6,9-10,13,15H,3,7-8,11-12H2,1-2H3. The van der Waals surface area contributed by atoms with Gasteiger partial charge in [-0.2, -0.15) is 0 Å². The van der Waals surface area contributed by atoms with Gasteiger partial charge in [0.05, 0.1) is 0 Å². The van der Waals surface area contributed by atoms with Crippen LogP contribution in [-0.4, -0.2) is 13.6 Å². The lowest BCUT2D eigenvalue weighted by Gasteiger charge is -2.16. The van der Waals surface area contributed by atoms with Gasteiger partial charge in [0, 0.05) is 0 Å². The molecule has 0 fully saturated rings. The third kappa shape index (κ3) is 4.48. The average Bonchev–Trinajstić information content (AvgIpc) is 2.29. The Kier molecular flexibility index (Phi) is 6.10. The summed E-state index contributed by atoms with van der Waals surface area (Å²) in [4.78, 5) is 0. The average molecular weight is 205 g/mol. The molecular weight excluding hydrogens is 182 g/mol. The van der Waals surface area contributed by atoms with Crippen LogP contribution in [0.5, 0.6) is 0 Å². The van der Waals surface area contributed by atoms with Crippen molar-refractivity contribution < 1.29 is 0 Å². The fourth-order valence-electron chi connectivity index (χ4n) is 2.08. The van der Waals surface area contributed by atoms with Crippen molar-refractivity contribution in [3.05, 3.63) is 35.9 Å². The molecule has 0 saturated heterocycles. The summed E-state index contributed by atoms with van der Waals surface area (Å²) in [7, 11) is 2.03. The van der Waals surface area contributed by atoms with Crippen LogP contribution in [0.2, 0.25) is 0 Å². The number of rotatable bonds is 7. The first-order valence-corrected chi connectivity index (χ1v) is 6.08. The van der Waals surface area contributed by atoms with E-state index >= 15 is 0 Å². The first-order valence-electron chi connectivity index (χ1n) is 6.08. The van der Waals surface area contributed by atoms with Crippen LogP contribution in [0.15, 0.2) is 30.3 Å². The van der Waals surface area contributed by atoms with Gasteiger partial charge in [-0.1, -0.05) is 43.7 Å². The Labute approximate surface area is 93.9 Å². The Balaban J connectivity index is 2.50. The lowest BCUT2D eigenvalue weighted by Crippen LogP contribution is -2.09. The molecule has 1 heteroatoms. The zero-order valence-electron chi connectivity index (χ0n) is 10.00. The molecule has 84 valence electrons. The van der Waals surface area contributed by atoms with Crippen molar-refractivity contribution >= 4 is 0 Å². The van der Waals surface area contributed by atoms with Gasteiger partial charge >= 0.3 is 0 Å². The molecule has 0 spiro atoms. The fraction of sp³-hybridized carbons (Fsp3) is 0.571. The first-order chi connectivity index (χ1) is 7.38. The van der Waals surface area contributed by atoms with Crippen molar-refractivity contribution in [2.45, 2.75) is 38.5 Å². The van der Waals surface area contributed by atoms with Crippen molar-refractivity contribution in [3.8, 4) is 0 Å². The molecule has 0 saturated carbocycles. The molecule has 0 radical (unpaired) electrons. The molecule has 1 N–H and O–H groups in total. The summed E-state index contributed by atoms with van der Waals surface area (Å²) in [5.41, 5.74) is 1.51. The van der Waals surface area contributed by atoms with Gasteiger partial charge in [-0.3, -0.25) is 0 Å². The monoisotopic (exact) mass is 205 g/mol. The highest BCUT2D eigenvalue weighted by molar-refractivity contribution is 5.19. The van der Waals surface area contributed by atoms with Crippen LogP contribution in [0, 0.1) is 0 Å². The molecule has 1 unspecified atom stereocenters. The van der Waals surface area contributed by atoms with E-state index in [4.69, 9.17) is 0 Å². The smallest absolute Gasteiger partial charge is 0.00517 e. The molecule has 1 rings (SSSR count). The fourth-order valence-corrected chi connectivity index (χ4v) is 2.08. The minimum Gasteiger partial charge on any atom is -0.320 e. The molecule has 0 aliphatic rings. The molecule has 1 aromatic carbocycles. The van der Waals surface area contributed by atoms with Crippen LogP contribution in [0.3, 0.4) is 0 Å². The SMILES string of the molecule is CCCC(CCCNC)c1ccccc1. The normalized spacial score (nSPS) is 12.7. The van der Waals surface area contributed by atoms with Gasteiger partial charge in [0.25, 0.3) is 0 Å². The van der Waals surface area contributed by atoms with E-state index in [0.717, 1.165) is 12.5 Å². The summed E-state index contributed by atoms with van der Waals surface area (Å²) >= 11 is 0. The van der Waals surface area contributed by atoms with E-state index in [1.165, 1.54) is 31.2 Å². The van der Waals surface area contributed by atoms with Crippen molar-refractivity contribution in [3.63, 3.8) is 0 Å². The van der Waals surface area contributed by atoms with Crippen LogP contribution in [0.25, 0.3) is 0 Å². The van der Waals surface area contributed by atoms with Gasteiger partial charge in [-0.25, -0.2) is 0 Å². The maximum Gasteiger partial charge on any atom is -0.00517 e. The van der Waals surface area contributed by atoms with Gasteiger partial charge in [-0.15, -0.1) is 0 Å². The van der Waals surface area contributed by atoms with Crippen molar-refractivity contribution in [2.24, 2.45) is 0 Å². The highest BCUT2D eigenvalue weighted by atomic mass is 14.8. The van der Waals surface area contributed by atoms with Crippen molar-refractivity contribution in [2.75, 3.05) is 13.6 Å². The Morgan fingerprint density at radius 2 is 1.87 bits per heavy atom. The van der Waals surface area contributed by atoms with E-state index in [2.05, 4.69) is 42.6 Å². The van der Waals surface area contributed by atoms with Crippen LogP contribution in [0.1, 0.15) is 44.1 Å². The molecular formula is C14H23N. The number of hydrogen-bond acceptors (Lipinski definition) is 1. The Bertz CT molecular complexity index is 243. The van der Waals surface area contributed by atoms with E-state index in [1.807, 2.05) is 7.05 Å². The molecule has 0 aromatic heterocycles. The molecule has 1 aromatic rings. The third-order valence-corrected chi connectivity index (χ3v) is 2.89. The molecule has 15 heavy (non-hydrogen) atoms. The highest BCUT2D eigenvalue weighted by Gasteiger charge is 2.09. The lowest BCUT2D eigenvalue weighted by molar-refractivity contribution is 0.536. The van der Waals surface area contributed by atoms with Crippen molar-refractivity contribution in [1.29, 1.82) is 0 Å². The summed E-state index contributed by atoms with van der Waals surface area (Å²) in [5, 5.41) is 3.22. The molecule has 1 atom stereocenters. The predicted octanol–water partition coefficient (Wildman–Crippen LogP) is 3.57. The third-order valence-electron chi connectivity index (χ3n) is 2.89. The van der Waals surface area contributed by atoms with Crippen molar-refractivity contribution in [1.82, 2.24) is 5.32 Å². The van der Waals surface area contributed by atoms with E-state index in [-0.39, 0.29) is 0 Å². The van der Waals surface area contributed by atoms with Crippen LogP contribution in [-0.2, 0) is 0 Å². The highest BCUT2D eigenvalue weighted by Crippen LogP contribution is 2.25. The Morgan fingerprint density at radius 1 is 1.13 bits per heavy atom. The Morgan fingerprint density at radius 3 is 2.47 bits per heavy atom. The zero-order valence-corrected chi connectivity index (χ0v) is 10.00. The van der Waals surface area contributed by atoms with Crippen LogP contribution in [0.4, 0.5) is 0 Å². The second-order valence-electron chi connectivity index (χ2n) is 4.14. The van der Waals surface area contributed by atoms with Crippen LogP contribution < -0.4 is 5.32 Å². The molecule has 0 amide bonds. The minimum absolute atomic E-state index is 0.754. The second-order valence-corrected chi connectivity index (χ2v) is 4.14. The molecule has 0 heterocycles. The maximum absolute atomic E-state index is 3.22. The van der Waals surface area contributed by atoms with E-state index < -0.39 is 0 Å². The zero-order chi connectivity index (χ0) is 10.9. The van der Waals surface area contributed by atoms with Gasteiger partial charge in [-0.05, 0) is 44.3 Å². The van der Waals surface area contributed by atoms with Gasteiger partial charge in [0.15, 0.2) is 0 Å². The number of hydrogen-bond donors (Lipinski definition) is 1. The minimum atomic E-state index is 0.754. The van der Waals surface area contributed by atoms with E-state index in [1.54, 1.807) is 0 Å². The maximum atomic E-state index is 3.22. The molecule has 0 bridgehead atoms. The molecule has 1 nitrogen and oxygen atoms in total. The topological polar surface area (TPSA) is 12.0 Å². The number of nitrogens with one attached hydrogen (secondary N) is 1. The van der Waals surface area contributed by atoms with Gasteiger partial charge < -0.3 is 5.32 Å². The summed E-state index contributed by atoms with van der Waals surface area (Å²) in [6.45, 7) is 3.40.